The van der Waals surface area contributed by atoms with E-state index in [0.717, 1.165) is 42.0 Å². The Morgan fingerprint density at radius 3 is 2.70 bits per heavy atom. The van der Waals surface area contributed by atoms with Crippen molar-refractivity contribution in [3.8, 4) is 11.6 Å². The average molecular weight is 764 g/mol. The molecule has 5 bridgehead atoms. The first-order valence-corrected chi connectivity index (χ1v) is 20.6. The fraction of sp³-hybridized carbons (Fsp3) is 0.564. The molecule has 2 aromatic rings. The normalized spacial score (nSPS) is 29.6. The molecule has 4 heterocycles. The van der Waals surface area contributed by atoms with E-state index in [1.165, 1.54) is 4.90 Å². The lowest BCUT2D eigenvalue weighted by Crippen LogP contribution is -2.58. The second-order valence-electron chi connectivity index (χ2n) is 15.3. The van der Waals surface area contributed by atoms with Crippen molar-refractivity contribution in [3.05, 3.63) is 48.2 Å². The second-order valence-corrected chi connectivity index (χ2v) is 17.3. The maximum atomic E-state index is 14.5. The fourth-order valence-electron chi connectivity index (χ4n) is 7.67. The monoisotopic (exact) mass is 763 g/mol. The van der Waals surface area contributed by atoms with Crippen LogP contribution in [0.3, 0.4) is 0 Å². The number of cyclic esters (lactones) is 1. The van der Waals surface area contributed by atoms with Crippen molar-refractivity contribution >= 4 is 50.7 Å². The van der Waals surface area contributed by atoms with E-state index < -0.39 is 68.7 Å². The molecule has 4 amide bonds. The Kier molecular flexibility index (Phi) is 10.9. The largest absolute Gasteiger partial charge is 0.496 e. The van der Waals surface area contributed by atoms with Gasteiger partial charge >= 0.3 is 6.09 Å². The topological polar surface area (TPSA) is 182 Å². The van der Waals surface area contributed by atoms with Crippen LogP contribution in [0.4, 0.5) is 4.79 Å². The number of carbonyl (C=O) groups excluding carboxylic acids is 4. The highest BCUT2D eigenvalue weighted by atomic mass is 32.2. The van der Waals surface area contributed by atoms with Crippen LogP contribution >= 0.6 is 0 Å². The van der Waals surface area contributed by atoms with Gasteiger partial charge in [-0.3, -0.25) is 19.1 Å². The number of sulfonamides is 1. The van der Waals surface area contributed by atoms with Gasteiger partial charge < -0.3 is 29.7 Å². The molecule has 0 spiro atoms. The molecule has 15 heteroatoms. The molecular formula is C39H49N5O9S. The maximum absolute atomic E-state index is 14.5. The third-order valence-electron chi connectivity index (χ3n) is 11.1. The van der Waals surface area contributed by atoms with Gasteiger partial charge in [-0.25, -0.2) is 18.2 Å². The Morgan fingerprint density at radius 1 is 1.07 bits per heavy atom. The van der Waals surface area contributed by atoms with Crippen LogP contribution in [0.5, 0.6) is 11.6 Å². The number of aromatic nitrogens is 1. The van der Waals surface area contributed by atoms with Gasteiger partial charge in [-0.1, -0.05) is 44.1 Å². The number of rotatable bonds is 4. The highest BCUT2D eigenvalue weighted by Crippen LogP contribution is 2.46. The number of pyridine rings is 1. The summed E-state index contributed by atoms with van der Waals surface area (Å²) in [6, 6.07) is 3.63. The standard InChI is InChI=1S/C39H49N5O9S/c1-24-10-8-9-11-26-18-30-25(19-33(26)51-2)16-17-40-35(30)53-28-20-32-34(45)42-39(37(47)43-54(49,50)29-14-15-29)21-27(39)12-6-4-3-5-7-13-31(36(46)44(32)22-28)41-38(48)52-23-24/h6,9,11-12,16-19,24,27-29,31-32H,3-5,7-8,10,13-15,20-23H2,1-2H3,(H,41,48)(H,42,45)(H,43,47)/t24-,27-,28-,31+,32+,39-/m1/s1. The molecular weight excluding hydrogens is 715 g/mol. The van der Waals surface area contributed by atoms with E-state index >= 15 is 0 Å². The summed E-state index contributed by atoms with van der Waals surface area (Å²) in [4.78, 5) is 61.7. The summed E-state index contributed by atoms with van der Waals surface area (Å²) in [5, 5.41) is 6.61. The van der Waals surface area contributed by atoms with Gasteiger partial charge in [0.2, 0.25) is 27.7 Å². The number of hydrogen-bond donors (Lipinski definition) is 3. The number of nitrogens with zero attached hydrogens (tertiary/aromatic N) is 2. The number of carbonyl (C=O) groups is 4. The van der Waals surface area contributed by atoms with Crippen LogP contribution in [0.25, 0.3) is 16.8 Å². The first kappa shape index (κ1) is 37.6. The zero-order valence-corrected chi connectivity index (χ0v) is 31.6. The Labute approximate surface area is 315 Å². The quantitative estimate of drug-likeness (QED) is 0.383. The van der Waals surface area contributed by atoms with Crippen LogP contribution in [0.1, 0.15) is 83.1 Å². The van der Waals surface area contributed by atoms with Gasteiger partial charge in [-0.2, -0.15) is 0 Å². The molecule has 6 atom stereocenters. The number of nitrogens with one attached hydrogen (secondary N) is 3. The molecule has 14 nitrogen and oxygen atoms in total. The van der Waals surface area contributed by atoms with Crippen LogP contribution < -0.4 is 24.8 Å². The molecule has 2 saturated carbocycles. The Hall–Kier alpha value is -4.66. The summed E-state index contributed by atoms with van der Waals surface area (Å²) < 4.78 is 45.7. The van der Waals surface area contributed by atoms with E-state index in [9.17, 15) is 27.6 Å². The van der Waals surface area contributed by atoms with Gasteiger partial charge in [0.15, 0.2) is 0 Å². The summed E-state index contributed by atoms with van der Waals surface area (Å²) in [7, 11) is -2.28. The van der Waals surface area contributed by atoms with Crippen molar-refractivity contribution in [3.63, 3.8) is 0 Å². The van der Waals surface area contributed by atoms with Gasteiger partial charge in [0.25, 0.3) is 5.91 Å². The molecule has 54 heavy (non-hydrogen) atoms. The molecule has 0 unspecified atom stereocenters. The number of benzene rings is 1. The van der Waals surface area contributed by atoms with Gasteiger partial charge in [0.05, 0.1) is 25.5 Å². The lowest BCUT2D eigenvalue weighted by atomic mass is 10.0. The zero-order chi connectivity index (χ0) is 38.0. The van der Waals surface area contributed by atoms with Crippen molar-refractivity contribution in [2.75, 3.05) is 20.3 Å². The molecule has 0 radical (unpaired) electrons. The average Bonchev–Trinajstić information content (AvgIpc) is 4.07. The number of ether oxygens (including phenoxy) is 3. The van der Waals surface area contributed by atoms with Gasteiger partial charge in [0, 0.05) is 29.5 Å². The zero-order valence-electron chi connectivity index (χ0n) is 30.8. The Bertz CT molecular complexity index is 1960. The molecule has 7 rings (SSSR count). The molecule has 3 fully saturated rings. The summed E-state index contributed by atoms with van der Waals surface area (Å²) in [5.74, 6) is -1.24. The molecule has 3 N–H and O–H groups in total. The van der Waals surface area contributed by atoms with Gasteiger partial charge in [-0.15, -0.1) is 0 Å². The van der Waals surface area contributed by atoms with Crippen molar-refractivity contribution in [1.82, 2.24) is 25.2 Å². The first-order chi connectivity index (χ1) is 26.0. The second kappa shape index (κ2) is 15.6. The molecule has 2 aliphatic carbocycles. The molecule has 1 aromatic heterocycles. The van der Waals surface area contributed by atoms with E-state index in [4.69, 9.17) is 14.2 Å². The summed E-state index contributed by atoms with van der Waals surface area (Å²) >= 11 is 0. The van der Waals surface area contributed by atoms with Crippen LogP contribution in [0.15, 0.2) is 42.6 Å². The molecule has 1 aromatic carbocycles. The number of hydrogen-bond acceptors (Lipinski definition) is 10. The van der Waals surface area contributed by atoms with Crippen LogP contribution in [-0.2, 0) is 29.1 Å². The fourth-order valence-corrected chi connectivity index (χ4v) is 9.04. The number of amides is 4. The summed E-state index contributed by atoms with van der Waals surface area (Å²) in [6.45, 7) is 2.15. The lowest BCUT2D eigenvalue weighted by molar-refractivity contribution is -0.141. The highest BCUT2D eigenvalue weighted by molar-refractivity contribution is 7.91. The smallest absolute Gasteiger partial charge is 0.407 e. The third kappa shape index (κ3) is 8.20. The first-order valence-electron chi connectivity index (χ1n) is 19.1. The van der Waals surface area contributed by atoms with E-state index in [-0.39, 0.29) is 31.9 Å². The SMILES string of the molecule is COc1cc2ccnc3c2cc1C=CCC[C@@H](C)COC(=O)N[C@H]1CCCCCC=C[C@@H]2C[C@@]2(C(=O)NS(=O)(=O)C2CC2)NC(=O)[C@@H]2C[C@H](CN2C1=O)O3. The number of fused-ring (bicyclic) bond motifs is 4. The molecule has 5 aliphatic rings. The Morgan fingerprint density at radius 2 is 1.91 bits per heavy atom. The van der Waals surface area contributed by atoms with E-state index in [1.807, 2.05) is 49.4 Å². The number of allylic oxidation sites excluding steroid dienone is 2. The minimum atomic E-state index is -3.89. The maximum Gasteiger partial charge on any atom is 0.407 e. The predicted octanol–water partition coefficient (Wildman–Crippen LogP) is 4.13. The van der Waals surface area contributed by atoms with Crippen molar-refractivity contribution < 1.29 is 41.8 Å². The number of alkyl carbamates (subject to hydrolysis) is 1. The van der Waals surface area contributed by atoms with E-state index in [0.29, 0.717) is 43.7 Å². The Balaban J connectivity index is 1.24. The molecule has 3 aliphatic heterocycles. The van der Waals surface area contributed by atoms with Crippen molar-refractivity contribution in [2.24, 2.45) is 11.8 Å². The molecule has 1 saturated heterocycles. The van der Waals surface area contributed by atoms with Crippen LogP contribution in [-0.4, -0.2) is 91.4 Å². The van der Waals surface area contributed by atoms with Crippen LogP contribution in [0.2, 0.25) is 0 Å². The minimum absolute atomic E-state index is 0.000745. The highest BCUT2D eigenvalue weighted by Gasteiger charge is 2.62. The summed E-state index contributed by atoms with van der Waals surface area (Å²) in [5.41, 5.74) is -0.673. The van der Waals surface area contributed by atoms with E-state index in [1.54, 1.807) is 13.3 Å². The molecule has 290 valence electrons. The van der Waals surface area contributed by atoms with Gasteiger partial charge in [0.1, 0.15) is 29.5 Å². The third-order valence-corrected chi connectivity index (χ3v) is 12.9. The minimum Gasteiger partial charge on any atom is -0.496 e. The predicted molar refractivity (Wildman–Crippen MR) is 200 cm³/mol. The number of methoxy groups -OCH3 is 1. The van der Waals surface area contributed by atoms with Crippen LogP contribution in [0, 0.1) is 11.8 Å². The van der Waals surface area contributed by atoms with E-state index in [2.05, 4.69) is 20.3 Å². The lowest BCUT2D eigenvalue weighted by Gasteiger charge is -2.29. The summed E-state index contributed by atoms with van der Waals surface area (Å²) in [6.07, 6.45) is 14.0. The van der Waals surface area contributed by atoms with Crippen molar-refractivity contribution in [2.45, 2.75) is 107 Å². The van der Waals surface area contributed by atoms with Gasteiger partial charge in [-0.05, 0) is 80.9 Å². The van der Waals surface area contributed by atoms with Crippen molar-refractivity contribution in [1.29, 1.82) is 0 Å².